The third-order valence-electron chi connectivity index (χ3n) is 16.8. The molecule has 492 valence electrons. The number of amides is 4. The van der Waals surface area contributed by atoms with E-state index in [9.17, 15) is 41.1 Å². The van der Waals surface area contributed by atoms with Crippen molar-refractivity contribution < 1.29 is 50.6 Å². The molecule has 2 saturated heterocycles. The number of benzene rings is 4. The van der Waals surface area contributed by atoms with Crippen molar-refractivity contribution in [3.05, 3.63) is 107 Å². The highest BCUT2D eigenvalue weighted by atomic mass is 32.2. The van der Waals surface area contributed by atoms with Crippen molar-refractivity contribution >= 4 is 79.2 Å². The Balaban J connectivity index is 0.807. The Morgan fingerprint density at radius 1 is 0.604 bits per heavy atom. The molecule has 0 atom stereocenters. The van der Waals surface area contributed by atoms with Gasteiger partial charge in [-0.25, -0.2) is 36.4 Å². The first-order valence-electron chi connectivity index (χ1n) is 32.0. The van der Waals surface area contributed by atoms with Gasteiger partial charge < -0.3 is 46.5 Å². The van der Waals surface area contributed by atoms with Gasteiger partial charge in [-0.2, -0.15) is 8.61 Å². The number of aryl methyl sites for hydroxylation is 1. The number of alkyl carbamates (subject to hydrolysis) is 2. The van der Waals surface area contributed by atoms with Crippen molar-refractivity contribution in [3.8, 4) is 22.3 Å². The molecule has 8 rings (SSSR count). The number of sulfonamides is 2. The predicted molar refractivity (Wildman–Crippen MR) is 357 cm³/mol. The Bertz CT molecular complexity index is 3670. The zero-order valence-electron chi connectivity index (χ0n) is 54.1. The fourth-order valence-electron chi connectivity index (χ4n) is 11.7. The lowest BCUT2D eigenvalue weighted by atomic mass is 9.93. The van der Waals surface area contributed by atoms with Crippen LogP contribution in [0.2, 0.25) is 0 Å². The van der Waals surface area contributed by atoms with E-state index in [1.807, 2.05) is 92.1 Å². The van der Waals surface area contributed by atoms with Crippen LogP contribution < -0.4 is 22.1 Å². The minimum Gasteiger partial charge on any atom is -0.444 e. The zero-order chi connectivity index (χ0) is 65.8. The normalized spacial score (nSPS) is 15.8. The number of amidine groups is 2. The quantitative estimate of drug-likeness (QED) is 0.0317. The summed E-state index contributed by atoms with van der Waals surface area (Å²) in [5.41, 5.74) is 18.4. The molecule has 21 nitrogen and oxygen atoms in total. The topological polar surface area (TPSA) is 289 Å². The maximum absolute atomic E-state index is 14.0. The van der Waals surface area contributed by atoms with Crippen molar-refractivity contribution in [3.63, 3.8) is 0 Å². The molecule has 4 amide bonds. The molecule has 0 bridgehead atoms. The molecule has 2 fully saturated rings. The van der Waals surface area contributed by atoms with Crippen LogP contribution in [0.1, 0.15) is 136 Å². The molecular formula is C68H92N10O11S2. The Morgan fingerprint density at radius 2 is 1.08 bits per heavy atom. The molecule has 4 aliphatic rings. The smallest absolute Gasteiger partial charge is 0.407 e. The van der Waals surface area contributed by atoms with Gasteiger partial charge in [-0.1, -0.05) is 70.2 Å². The van der Waals surface area contributed by atoms with Gasteiger partial charge in [-0.3, -0.25) is 9.59 Å². The molecule has 7 N–H and O–H groups in total. The summed E-state index contributed by atoms with van der Waals surface area (Å²) in [6, 6.07) is 23.0. The summed E-state index contributed by atoms with van der Waals surface area (Å²) in [7, 11) is -7.66. The molecule has 0 saturated carbocycles. The van der Waals surface area contributed by atoms with Crippen LogP contribution in [0.15, 0.2) is 110 Å². The lowest BCUT2D eigenvalue weighted by molar-refractivity contribution is -0.128. The standard InChI is InChI=1S/C68H92N10O11S2/c1-9-27-75(28-10-2)63(80)54-32-52-23-22-50(36-59(52)73-61(69)38-54)48-18-15-20-56(33-48)90(84,85)77-41-46(42-77)40-72-66(83)89-68(7,8)25-24-67(5,6)88-65(82)71-26-14-13-17-51-31-53(49-19-16-21-57(34-49)91(86,87)78-43-47(44-78)45-79)37-60-58(51)35-55(39-62(70)74-60)64(81)76(29-11-3)30-12-4/h15-16,18-23,31-37,46-47,79H,9-14,17,24-30,38-45H2,1-8H3,(H2,69,73)(H2,70,74)(H,71,82)(H,72,83). The van der Waals surface area contributed by atoms with Crippen LogP contribution in [0.3, 0.4) is 0 Å². The van der Waals surface area contributed by atoms with Crippen molar-refractivity contribution in [1.29, 1.82) is 0 Å². The van der Waals surface area contributed by atoms with Crippen molar-refractivity contribution in [2.45, 2.75) is 147 Å². The van der Waals surface area contributed by atoms with Gasteiger partial charge in [-0.05, 0) is 162 Å². The number of aliphatic hydroxyl groups is 1. The Labute approximate surface area is 537 Å². The van der Waals surface area contributed by atoms with Crippen LogP contribution >= 0.6 is 0 Å². The van der Waals surface area contributed by atoms with Gasteiger partial charge in [0.05, 0.1) is 21.2 Å². The van der Waals surface area contributed by atoms with E-state index in [1.54, 1.807) is 64.1 Å². The second-order valence-corrected chi connectivity index (χ2v) is 29.4. The highest BCUT2D eigenvalue weighted by molar-refractivity contribution is 7.89. The van der Waals surface area contributed by atoms with Crippen molar-refractivity contribution in [2.24, 2.45) is 33.3 Å². The van der Waals surface area contributed by atoms with Crippen LogP contribution in [0, 0.1) is 11.8 Å². The molecule has 0 unspecified atom stereocenters. The van der Waals surface area contributed by atoms with Gasteiger partial charge in [0.2, 0.25) is 31.9 Å². The van der Waals surface area contributed by atoms with Crippen LogP contribution in [0.25, 0.3) is 34.4 Å². The number of ether oxygens (including phenoxy) is 2. The summed E-state index contributed by atoms with van der Waals surface area (Å²) in [6.45, 7) is 19.1. The average Bonchev–Trinajstić information content (AvgIpc) is 1.06. The zero-order valence-corrected chi connectivity index (χ0v) is 55.7. The number of carbonyl (C=O) groups is 4. The number of hydrogen-bond donors (Lipinski definition) is 5. The summed E-state index contributed by atoms with van der Waals surface area (Å²) < 4.78 is 69.4. The molecule has 4 heterocycles. The number of aliphatic imine (C=N–C) groups is 2. The summed E-state index contributed by atoms with van der Waals surface area (Å²) in [5.74, 6) is 0.229. The number of rotatable bonds is 29. The molecular weight excluding hydrogens is 1200 g/mol. The molecule has 0 spiro atoms. The first-order chi connectivity index (χ1) is 43.3. The highest BCUT2D eigenvalue weighted by Gasteiger charge is 2.39. The van der Waals surface area contributed by atoms with Gasteiger partial charge in [0.15, 0.2) is 0 Å². The first kappa shape index (κ1) is 69.4. The largest absolute Gasteiger partial charge is 0.444 e. The predicted octanol–water partition coefficient (Wildman–Crippen LogP) is 9.92. The molecule has 4 aromatic carbocycles. The number of aliphatic hydroxyl groups excluding tert-OH is 1. The molecule has 91 heavy (non-hydrogen) atoms. The lowest BCUT2D eigenvalue weighted by Crippen LogP contribution is -2.53. The number of fused-ring (bicyclic) bond motifs is 2. The SMILES string of the molecule is CCCN(CCC)C(=O)C1=Cc2ccc(-c3cccc(S(=O)(=O)N4CC(CNC(=O)OC(C)(C)CCC(C)(C)OC(=O)NCCCCc5cc(-c6cccc(S(=O)(=O)N7CC(CO)C7)c6)cc6c5C=C(C(=O)N(CCC)CCC)CC(N)=N6)C4)c3)cc2N=C(N)C1. The first-order valence-corrected chi connectivity index (χ1v) is 34.9. The molecule has 0 aromatic heterocycles. The number of nitrogens with two attached hydrogens (primary N) is 2. The van der Waals surface area contributed by atoms with Crippen LogP contribution in [0.5, 0.6) is 0 Å². The number of nitrogens with zero attached hydrogens (tertiary/aromatic N) is 6. The highest BCUT2D eigenvalue weighted by Crippen LogP contribution is 2.39. The second kappa shape index (κ2) is 30.3. The Kier molecular flexibility index (Phi) is 23.1. The Hall–Kier alpha value is -7.44. The van der Waals surface area contributed by atoms with E-state index >= 15 is 0 Å². The van der Waals surface area contributed by atoms with Gasteiger partial charge in [0.1, 0.15) is 22.9 Å². The third-order valence-corrected chi connectivity index (χ3v) is 20.4. The Morgan fingerprint density at radius 3 is 1.60 bits per heavy atom. The van der Waals surface area contributed by atoms with E-state index in [4.69, 9.17) is 25.9 Å². The minimum absolute atomic E-state index is 0.0530. The van der Waals surface area contributed by atoms with Crippen LogP contribution in [0.4, 0.5) is 21.0 Å². The molecule has 0 aliphatic carbocycles. The van der Waals surface area contributed by atoms with Gasteiger partial charge in [0.25, 0.3) is 0 Å². The summed E-state index contributed by atoms with van der Waals surface area (Å²) in [6.07, 6.45) is 8.62. The van der Waals surface area contributed by atoms with E-state index in [2.05, 4.69) is 15.6 Å². The summed E-state index contributed by atoms with van der Waals surface area (Å²) in [5, 5.41) is 15.2. The average molecular weight is 1290 g/mol. The minimum atomic E-state index is -3.87. The monoisotopic (exact) mass is 1290 g/mol. The second-order valence-electron chi connectivity index (χ2n) is 25.5. The number of nitrogens with one attached hydrogen (secondary N) is 2. The van der Waals surface area contributed by atoms with E-state index in [1.165, 1.54) is 8.61 Å². The summed E-state index contributed by atoms with van der Waals surface area (Å²) >= 11 is 0. The van der Waals surface area contributed by atoms with Crippen LogP contribution in [-0.4, -0.2) is 159 Å². The van der Waals surface area contributed by atoms with E-state index in [0.29, 0.717) is 104 Å². The number of carbonyl (C=O) groups excluding carboxylic acids is 4. The third kappa shape index (κ3) is 17.8. The maximum atomic E-state index is 14.0. The van der Waals surface area contributed by atoms with E-state index < -0.39 is 43.4 Å². The van der Waals surface area contributed by atoms with Crippen molar-refractivity contribution in [1.82, 2.24) is 29.0 Å². The molecule has 23 heteroatoms. The molecule has 4 aromatic rings. The lowest BCUT2D eigenvalue weighted by Gasteiger charge is -2.38. The van der Waals surface area contributed by atoms with Gasteiger partial charge >= 0.3 is 12.2 Å². The maximum Gasteiger partial charge on any atom is 0.407 e. The fourth-order valence-corrected chi connectivity index (χ4v) is 15.0. The van der Waals surface area contributed by atoms with Gasteiger partial charge in [-0.15, -0.1) is 0 Å². The molecule has 0 radical (unpaired) electrons. The van der Waals surface area contributed by atoms with Crippen molar-refractivity contribution in [2.75, 3.05) is 72.1 Å². The number of hydrogen-bond acceptors (Lipinski definition) is 15. The van der Waals surface area contributed by atoms with Gasteiger partial charge in [0, 0.05) is 119 Å². The van der Waals surface area contributed by atoms with E-state index in [-0.39, 0.29) is 91.4 Å². The summed E-state index contributed by atoms with van der Waals surface area (Å²) in [4.78, 5) is 67.3. The molecule has 4 aliphatic heterocycles. The van der Waals surface area contributed by atoms with E-state index in [0.717, 1.165) is 53.5 Å². The van der Waals surface area contributed by atoms with Crippen LogP contribution in [-0.2, 0) is 45.5 Å². The number of unbranched alkanes of at least 4 members (excludes halogenated alkanes) is 1. The fraction of sp³-hybridized carbons (Fsp3) is 0.500.